The van der Waals surface area contributed by atoms with Crippen LogP contribution in [-0.4, -0.2) is 45.0 Å². The predicted octanol–water partition coefficient (Wildman–Crippen LogP) is 5.26. The molecule has 1 aliphatic heterocycles. The number of allylic oxidation sites excluding steroid dienone is 6. The molecule has 1 saturated heterocycles. The summed E-state index contributed by atoms with van der Waals surface area (Å²) in [4.78, 5) is 55.7. The van der Waals surface area contributed by atoms with Crippen LogP contribution in [0.15, 0.2) is 94.0 Å². The lowest BCUT2D eigenvalue weighted by Crippen LogP contribution is -2.39. The Morgan fingerprint density at radius 1 is 0.881 bits per heavy atom. The highest BCUT2D eigenvalue weighted by atomic mass is 79.9. The molecule has 4 aliphatic rings. The van der Waals surface area contributed by atoms with Crippen LogP contribution in [0.5, 0.6) is 11.5 Å². The number of imide groups is 1. The fraction of sp³-hybridized carbons (Fsp3) is 0.235. The van der Waals surface area contributed by atoms with Crippen LogP contribution in [0.4, 0.5) is 0 Å². The zero-order valence-corrected chi connectivity index (χ0v) is 24.0. The second kappa shape index (κ2) is 9.91. The number of aromatic hydroxyl groups is 2. The minimum Gasteiger partial charge on any atom is -0.508 e. The zero-order chi connectivity index (χ0) is 29.3. The van der Waals surface area contributed by atoms with E-state index in [0.29, 0.717) is 34.9 Å². The Bertz CT molecular complexity index is 1820. The van der Waals surface area contributed by atoms with Gasteiger partial charge in [-0.15, -0.1) is 0 Å². The Morgan fingerprint density at radius 3 is 2.43 bits per heavy atom. The molecule has 1 heterocycles. The summed E-state index contributed by atoms with van der Waals surface area (Å²) in [5.74, 6) is -3.33. The molecule has 0 saturated carbocycles. The van der Waals surface area contributed by atoms with Crippen molar-refractivity contribution in [2.24, 2.45) is 17.8 Å². The van der Waals surface area contributed by atoms with E-state index < -0.39 is 23.7 Å². The maximum atomic E-state index is 13.9. The molecule has 7 nitrogen and oxygen atoms in total. The number of phenols is 2. The van der Waals surface area contributed by atoms with Gasteiger partial charge in [-0.3, -0.25) is 24.1 Å². The molecule has 4 atom stereocenters. The molecule has 7 rings (SSSR count). The number of likely N-dealkylation sites (tertiary alicyclic amines) is 1. The van der Waals surface area contributed by atoms with E-state index in [1.807, 2.05) is 36.4 Å². The number of fused-ring (bicyclic) bond motifs is 4. The van der Waals surface area contributed by atoms with Gasteiger partial charge in [0.15, 0.2) is 11.6 Å². The first-order chi connectivity index (χ1) is 20.2. The molecular formula is C34H26BrNO6. The summed E-state index contributed by atoms with van der Waals surface area (Å²) < 4.78 is 0.164. The SMILES string of the molecule is O=C1C=C(Br)C(=O)C2=C1C(c1ccc3ccccc3c1O)C1=CCC3C(=O)N(CCc4ccc(O)cc4)C(=O)C3C1C2. The zero-order valence-electron chi connectivity index (χ0n) is 22.4. The van der Waals surface area contributed by atoms with Crippen LogP contribution in [0.25, 0.3) is 10.8 Å². The number of nitrogens with zero attached hydrogens (tertiary/aromatic N) is 1. The first-order valence-electron chi connectivity index (χ1n) is 14.0. The van der Waals surface area contributed by atoms with Crippen LogP contribution in [-0.2, 0) is 25.6 Å². The number of hydrogen-bond donors (Lipinski definition) is 2. The maximum Gasteiger partial charge on any atom is 0.233 e. The van der Waals surface area contributed by atoms with Gasteiger partial charge in [-0.05, 0) is 64.2 Å². The Balaban J connectivity index is 1.30. The smallest absolute Gasteiger partial charge is 0.233 e. The number of Topliss-reactive ketones (excluding diaryl/α,β-unsaturated/α-hetero) is 1. The number of ketones is 2. The van der Waals surface area contributed by atoms with Crippen LogP contribution >= 0.6 is 15.9 Å². The molecule has 3 aromatic carbocycles. The van der Waals surface area contributed by atoms with Gasteiger partial charge in [0, 0.05) is 40.6 Å². The Kier molecular flexibility index (Phi) is 6.27. The van der Waals surface area contributed by atoms with E-state index >= 15 is 0 Å². The molecule has 0 spiro atoms. The molecule has 3 aromatic rings. The average Bonchev–Trinajstić information content (AvgIpc) is 3.24. The lowest BCUT2D eigenvalue weighted by molar-refractivity contribution is -0.140. The van der Waals surface area contributed by atoms with Gasteiger partial charge in [-0.2, -0.15) is 0 Å². The number of phenolic OH excluding ortho intramolecular Hbond substituents is 2. The minimum absolute atomic E-state index is 0.0341. The summed E-state index contributed by atoms with van der Waals surface area (Å²) in [6.45, 7) is 0.214. The van der Waals surface area contributed by atoms with Crippen LogP contribution in [0, 0.1) is 17.8 Å². The van der Waals surface area contributed by atoms with E-state index in [1.54, 1.807) is 30.3 Å². The topological polar surface area (TPSA) is 112 Å². The molecule has 4 unspecified atom stereocenters. The van der Waals surface area contributed by atoms with Crippen molar-refractivity contribution in [1.82, 2.24) is 4.90 Å². The van der Waals surface area contributed by atoms with Gasteiger partial charge in [0.1, 0.15) is 11.5 Å². The molecule has 210 valence electrons. The Morgan fingerprint density at radius 2 is 1.64 bits per heavy atom. The largest absolute Gasteiger partial charge is 0.508 e. The molecule has 42 heavy (non-hydrogen) atoms. The summed E-state index contributed by atoms with van der Waals surface area (Å²) in [6.07, 6.45) is 4.20. The monoisotopic (exact) mass is 623 g/mol. The highest BCUT2D eigenvalue weighted by Gasteiger charge is 2.56. The van der Waals surface area contributed by atoms with Crippen molar-refractivity contribution in [3.8, 4) is 11.5 Å². The fourth-order valence-electron chi connectivity index (χ4n) is 7.26. The Hall–Kier alpha value is -4.30. The summed E-state index contributed by atoms with van der Waals surface area (Å²) >= 11 is 3.25. The molecule has 0 aromatic heterocycles. The Labute approximate surface area is 250 Å². The molecule has 3 aliphatic carbocycles. The van der Waals surface area contributed by atoms with Crippen LogP contribution in [0.2, 0.25) is 0 Å². The van der Waals surface area contributed by atoms with Crippen molar-refractivity contribution in [3.05, 3.63) is 105 Å². The second-order valence-electron chi connectivity index (χ2n) is 11.4. The number of rotatable bonds is 4. The standard InChI is InChI=1S/C34H26BrNO6/c35-26-16-27(38)30-25(32(26)40)15-24-21(28(30)22-10-7-18-3-1-2-4-20(18)31(22)39)11-12-23-29(24)34(42)36(33(23)41)14-13-17-5-8-19(37)9-6-17/h1-11,16,23-24,28-29,37,39H,12-15H2. The van der Waals surface area contributed by atoms with E-state index in [0.717, 1.165) is 16.5 Å². The molecule has 1 fully saturated rings. The number of carbonyl (C=O) groups is 4. The van der Waals surface area contributed by atoms with E-state index in [4.69, 9.17) is 0 Å². The van der Waals surface area contributed by atoms with E-state index in [-0.39, 0.29) is 52.3 Å². The van der Waals surface area contributed by atoms with E-state index in [1.165, 1.54) is 11.0 Å². The molecular weight excluding hydrogens is 598 g/mol. The molecule has 2 amide bonds. The predicted molar refractivity (Wildman–Crippen MR) is 159 cm³/mol. The van der Waals surface area contributed by atoms with Gasteiger partial charge in [-0.1, -0.05) is 60.2 Å². The third-order valence-corrected chi connectivity index (χ3v) is 9.81. The van der Waals surface area contributed by atoms with Crippen molar-refractivity contribution in [2.75, 3.05) is 6.54 Å². The molecule has 8 heteroatoms. The lowest BCUT2D eigenvalue weighted by atomic mass is 9.59. The van der Waals surface area contributed by atoms with Crippen LogP contribution < -0.4 is 0 Å². The van der Waals surface area contributed by atoms with Gasteiger partial charge in [0.2, 0.25) is 11.8 Å². The maximum absolute atomic E-state index is 13.9. The van der Waals surface area contributed by atoms with E-state index in [9.17, 15) is 29.4 Å². The van der Waals surface area contributed by atoms with Crippen molar-refractivity contribution in [2.45, 2.75) is 25.2 Å². The normalized spacial score (nSPS) is 25.3. The van der Waals surface area contributed by atoms with Gasteiger partial charge >= 0.3 is 0 Å². The second-order valence-corrected chi connectivity index (χ2v) is 12.2. The van der Waals surface area contributed by atoms with Gasteiger partial charge in [0.25, 0.3) is 0 Å². The highest BCUT2D eigenvalue weighted by Crippen LogP contribution is 2.56. The summed E-state index contributed by atoms with van der Waals surface area (Å²) in [6, 6.07) is 17.8. The summed E-state index contributed by atoms with van der Waals surface area (Å²) in [7, 11) is 0. The van der Waals surface area contributed by atoms with Gasteiger partial charge in [0.05, 0.1) is 16.3 Å². The third kappa shape index (κ3) is 4.00. The number of benzene rings is 3. The minimum atomic E-state index is -0.716. The molecule has 2 N–H and O–H groups in total. The summed E-state index contributed by atoms with van der Waals surface area (Å²) in [5, 5.41) is 22.5. The molecule has 0 radical (unpaired) electrons. The van der Waals surface area contributed by atoms with Gasteiger partial charge < -0.3 is 10.2 Å². The van der Waals surface area contributed by atoms with Gasteiger partial charge in [-0.25, -0.2) is 0 Å². The van der Waals surface area contributed by atoms with Crippen molar-refractivity contribution < 1.29 is 29.4 Å². The van der Waals surface area contributed by atoms with Crippen molar-refractivity contribution >= 4 is 50.1 Å². The number of hydrogen-bond acceptors (Lipinski definition) is 6. The molecule has 0 bridgehead atoms. The number of amides is 2. The van der Waals surface area contributed by atoms with Crippen LogP contribution in [0.1, 0.15) is 29.9 Å². The fourth-order valence-corrected chi connectivity index (χ4v) is 7.70. The number of carbonyl (C=O) groups excluding carboxylic acids is 4. The first-order valence-corrected chi connectivity index (χ1v) is 14.8. The first kappa shape index (κ1) is 26.6. The quantitative estimate of drug-likeness (QED) is 0.233. The van der Waals surface area contributed by atoms with E-state index in [2.05, 4.69) is 15.9 Å². The lowest BCUT2D eigenvalue weighted by Gasteiger charge is -2.42. The number of halogens is 1. The van der Waals surface area contributed by atoms with Crippen LogP contribution in [0.3, 0.4) is 0 Å². The van der Waals surface area contributed by atoms with Crippen molar-refractivity contribution in [1.29, 1.82) is 0 Å². The average molecular weight is 624 g/mol. The van der Waals surface area contributed by atoms with Crippen molar-refractivity contribution in [3.63, 3.8) is 0 Å². The third-order valence-electron chi connectivity index (χ3n) is 9.23. The highest BCUT2D eigenvalue weighted by molar-refractivity contribution is 9.12. The summed E-state index contributed by atoms with van der Waals surface area (Å²) in [5.41, 5.74) is 2.86.